The summed E-state index contributed by atoms with van der Waals surface area (Å²) in [6.07, 6.45) is 9.13. The van der Waals surface area contributed by atoms with Crippen molar-refractivity contribution in [1.82, 2.24) is 4.90 Å². The molecule has 1 aromatic rings. The van der Waals surface area contributed by atoms with Crippen LogP contribution in [0.2, 0.25) is 0 Å². The van der Waals surface area contributed by atoms with E-state index in [1.165, 1.54) is 43.1 Å². The highest BCUT2D eigenvalue weighted by atomic mass is 32.1. The van der Waals surface area contributed by atoms with Crippen molar-refractivity contribution in [3.05, 3.63) is 28.0 Å². The second kappa shape index (κ2) is 8.32. The Morgan fingerprint density at radius 2 is 2.10 bits per heavy atom. The zero-order valence-corrected chi connectivity index (χ0v) is 13.0. The molecule has 0 spiro atoms. The molecule has 4 nitrogen and oxygen atoms in total. The molecule has 2 rings (SSSR count). The van der Waals surface area contributed by atoms with E-state index < -0.39 is 5.97 Å². The van der Waals surface area contributed by atoms with Crippen molar-refractivity contribution < 1.29 is 15.0 Å². The van der Waals surface area contributed by atoms with Gasteiger partial charge in [0.1, 0.15) is 0 Å². The van der Waals surface area contributed by atoms with E-state index in [1.807, 2.05) is 6.07 Å². The van der Waals surface area contributed by atoms with Crippen LogP contribution in [0, 0.1) is 0 Å². The number of carboxylic acids is 1. The summed E-state index contributed by atoms with van der Waals surface area (Å²) < 4.78 is 0. The molecule has 1 aliphatic carbocycles. The molecule has 0 amide bonds. The van der Waals surface area contributed by atoms with Gasteiger partial charge in [-0.15, -0.1) is 11.3 Å². The van der Waals surface area contributed by atoms with Crippen molar-refractivity contribution in [3.8, 4) is 0 Å². The lowest BCUT2D eigenvalue weighted by molar-refractivity contribution is -0.131. The minimum atomic E-state index is -0.922. The first kappa shape index (κ1) is 16.2. The molecule has 5 heteroatoms. The predicted molar refractivity (Wildman–Crippen MR) is 85.4 cm³/mol. The number of rotatable bonds is 7. The highest BCUT2D eigenvalue weighted by Gasteiger charge is 2.21. The lowest BCUT2D eigenvalue weighted by Gasteiger charge is -2.33. The molecule has 0 unspecified atom stereocenters. The number of nitrogens with zero attached hydrogens (tertiary/aromatic N) is 1. The Kier molecular flexibility index (Phi) is 6.42. The van der Waals surface area contributed by atoms with E-state index in [2.05, 4.69) is 11.0 Å². The third kappa shape index (κ3) is 5.26. The Balaban J connectivity index is 1.97. The quantitative estimate of drug-likeness (QED) is 0.760. The largest absolute Gasteiger partial charge is 0.478 e. The van der Waals surface area contributed by atoms with Crippen LogP contribution in [0.4, 0.5) is 0 Å². The molecule has 0 saturated heterocycles. The van der Waals surface area contributed by atoms with Gasteiger partial charge in [-0.05, 0) is 31.1 Å². The molecule has 0 atom stereocenters. The van der Waals surface area contributed by atoms with Crippen LogP contribution in [0.25, 0.3) is 6.08 Å². The summed E-state index contributed by atoms with van der Waals surface area (Å²) in [6.45, 7) is 1.74. The third-order valence-electron chi connectivity index (χ3n) is 3.91. The van der Waals surface area contributed by atoms with Crippen molar-refractivity contribution in [2.24, 2.45) is 0 Å². The summed E-state index contributed by atoms with van der Waals surface area (Å²) >= 11 is 1.62. The van der Waals surface area contributed by atoms with Crippen LogP contribution in [0.3, 0.4) is 0 Å². The molecule has 116 valence electrons. The van der Waals surface area contributed by atoms with Crippen LogP contribution in [0.15, 0.2) is 18.2 Å². The molecular formula is C16H23NO3S. The highest BCUT2D eigenvalue weighted by Crippen LogP contribution is 2.26. The third-order valence-corrected chi connectivity index (χ3v) is 4.95. The second-order valence-corrected chi connectivity index (χ2v) is 6.66. The average molecular weight is 309 g/mol. The summed E-state index contributed by atoms with van der Waals surface area (Å²) in [5.74, 6) is -0.922. The van der Waals surface area contributed by atoms with Crippen LogP contribution in [0.5, 0.6) is 0 Å². The van der Waals surface area contributed by atoms with Gasteiger partial charge in [0.25, 0.3) is 0 Å². The number of thiophene rings is 1. The van der Waals surface area contributed by atoms with Gasteiger partial charge in [0.2, 0.25) is 0 Å². The van der Waals surface area contributed by atoms with Gasteiger partial charge in [0, 0.05) is 35.0 Å². The van der Waals surface area contributed by atoms with E-state index in [0.717, 1.165) is 11.4 Å². The zero-order valence-electron chi connectivity index (χ0n) is 12.2. The number of aliphatic hydroxyl groups excluding tert-OH is 1. The van der Waals surface area contributed by atoms with Crippen molar-refractivity contribution in [1.29, 1.82) is 0 Å². The van der Waals surface area contributed by atoms with Crippen LogP contribution in [0.1, 0.15) is 41.9 Å². The van der Waals surface area contributed by atoms with Gasteiger partial charge in [-0.25, -0.2) is 4.79 Å². The highest BCUT2D eigenvalue weighted by molar-refractivity contribution is 7.12. The standard InChI is InChI=1S/C16H23NO3S/c18-11-10-17(13-4-2-1-3-5-13)12-15-7-6-14(21-15)8-9-16(19)20/h6-9,13,18H,1-5,10-12H2,(H,19,20). The summed E-state index contributed by atoms with van der Waals surface area (Å²) in [7, 11) is 0. The van der Waals surface area contributed by atoms with Crippen molar-refractivity contribution in [3.63, 3.8) is 0 Å². The summed E-state index contributed by atoms with van der Waals surface area (Å²) in [4.78, 5) is 15.1. The van der Waals surface area contributed by atoms with E-state index in [1.54, 1.807) is 17.4 Å². The molecule has 0 radical (unpaired) electrons. The van der Waals surface area contributed by atoms with Gasteiger partial charge in [-0.2, -0.15) is 0 Å². The second-order valence-electron chi connectivity index (χ2n) is 5.46. The minimum absolute atomic E-state index is 0.188. The lowest BCUT2D eigenvalue weighted by Crippen LogP contribution is -2.38. The fourth-order valence-corrected chi connectivity index (χ4v) is 3.83. The molecule has 1 heterocycles. The summed E-state index contributed by atoms with van der Waals surface area (Å²) in [5.41, 5.74) is 0. The van der Waals surface area contributed by atoms with Gasteiger partial charge in [-0.3, -0.25) is 4.90 Å². The Hall–Kier alpha value is -1.17. The maximum Gasteiger partial charge on any atom is 0.328 e. The molecule has 1 aromatic heterocycles. The molecule has 2 N–H and O–H groups in total. The van der Waals surface area contributed by atoms with Gasteiger partial charge in [0.15, 0.2) is 0 Å². The van der Waals surface area contributed by atoms with Crippen molar-refractivity contribution in [2.45, 2.75) is 44.7 Å². The number of carbonyl (C=O) groups is 1. The molecule has 21 heavy (non-hydrogen) atoms. The lowest BCUT2D eigenvalue weighted by atomic mass is 9.94. The number of aliphatic hydroxyl groups is 1. The van der Waals surface area contributed by atoms with E-state index >= 15 is 0 Å². The zero-order chi connectivity index (χ0) is 15.1. The Labute approximate surface area is 129 Å². The first-order chi connectivity index (χ1) is 10.2. The summed E-state index contributed by atoms with van der Waals surface area (Å²) in [6, 6.07) is 4.59. The minimum Gasteiger partial charge on any atom is -0.478 e. The van der Waals surface area contributed by atoms with E-state index in [-0.39, 0.29) is 6.61 Å². The number of aliphatic carboxylic acids is 1. The number of hydrogen-bond acceptors (Lipinski definition) is 4. The maximum atomic E-state index is 10.5. The predicted octanol–water partition coefficient (Wildman–Crippen LogP) is 2.97. The van der Waals surface area contributed by atoms with Crippen LogP contribution >= 0.6 is 11.3 Å². The first-order valence-electron chi connectivity index (χ1n) is 7.53. The smallest absolute Gasteiger partial charge is 0.328 e. The Bertz CT molecular complexity index is 478. The average Bonchev–Trinajstić information content (AvgIpc) is 2.93. The molecule has 0 bridgehead atoms. The molecule has 1 saturated carbocycles. The number of hydrogen-bond donors (Lipinski definition) is 2. The molecule has 0 aliphatic heterocycles. The van der Waals surface area contributed by atoms with Crippen molar-refractivity contribution >= 4 is 23.4 Å². The van der Waals surface area contributed by atoms with Crippen molar-refractivity contribution in [2.75, 3.05) is 13.2 Å². The Morgan fingerprint density at radius 1 is 1.33 bits per heavy atom. The molecular weight excluding hydrogens is 286 g/mol. The first-order valence-corrected chi connectivity index (χ1v) is 8.35. The van der Waals surface area contributed by atoms with Gasteiger partial charge in [-0.1, -0.05) is 19.3 Å². The van der Waals surface area contributed by atoms with Gasteiger partial charge < -0.3 is 10.2 Å². The molecule has 1 aliphatic rings. The molecule has 1 fully saturated rings. The van der Waals surface area contributed by atoms with E-state index in [0.29, 0.717) is 12.6 Å². The Morgan fingerprint density at radius 3 is 2.76 bits per heavy atom. The monoisotopic (exact) mass is 309 g/mol. The van der Waals surface area contributed by atoms with E-state index in [4.69, 9.17) is 5.11 Å². The van der Waals surface area contributed by atoms with Gasteiger partial charge >= 0.3 is 5.97 Å². The maximum absolute atomic E-state index is 10.5. The van der Waals surface area contributed by atoms with E-state index in [9.17, 15) is 9.90 Å². The van der Waals surface area contributed by atoms with Crippen LogP contribution in [-0.2, 0) is 11.3 Å². The SMILES string of the molecule is O=C(O)C=Cc1ccc(CN(CCO)C2CCCCC2)s1. The normalized spacial score (nSPS) is 16.9. The fourth-order valence-electron chi connectivity index (χ4n) is 2.89. The fraction of sp³-hybridized carbons (Fsp3) is 0.562. The number of carboxylic acid groups (broad SMARTS) is 1. The molecule has 0 aromatic carbocycles. The van der Waals surface area contributed by atoms with Crippen LogP contribution in [-0.4, -0.2) is 40.3 Å². The summed E-state index contributed by atoms with van der Waals surface area (Å²) in [5, 5.41) is 17.9. The van der Waals surface area contributed by atoms with Crippen LogP contribution < -0.4 is 0 Å². The topological polar surface area (TPSA) is 60.8 Å². The van der Waals surface area contributed by atoms with Gasteiger partial charge in [0.05, 0.1) is 6.61 Å².